The number of carbonyl (C=O) groups is 1. The number of nitrogens with two attached hydrogens (primary N) is 1. The van der Waals surface area contributed by atoms with Crippen LogP contribution in [0.5, 0.6) is 0 Å². The van der Waals surface area contributed by atoms with E-state index in [9.17, 15) is 19.3 Å². The van der Waals surface area contributed by atoms with Crippen LogP contribution < -0.4 is 11.1 Å². The summed E-state index contributed by atoms with van der Waals surface area (Å²) in [6, 6.07) is 9.13. The molecule has 0 unspecified atom stereocenters. The molecule has 2 rings (SSSR count). The fourth-order valence-electron chi connectivity index (χ4n) is 1.68. The van der Waals surface area contributed by atoms with Gasteiger partial charge in [-0.2, -0.15) is 0 Å². The third-order valence-electron chi connectivity index (χ3n) is 2.60. The first kappa shape index (κ1) is 13.5. The fourth-order valence-corrected chi connectivity index (χ4v) is 1.68. The number of hydrogen-bond donors (Lipinski definition) is 2. The molecule has 3 N–H and O–H groups in total. The lowest BCUT2D eigenvalue weighted by Crippen LogP contribution is -2.14. The molecule has 20 heavy (non-hydrogen) atoms. The standard InChI is InChI=1S/C13H10FN3O3/c14-8-4-6-9(7-5-8)16-13(18)10-2-1-3-11(15)12(10)17(19)20/h1-7H,15H2,(H,16,18). The second-order valence-corrected chi connectivity index (χ2v) is 3.96. The molecular formula is C13H10FN3O3. The van der Waals surface area contributed by atoms with Crippen molar-refractivity contribution in [2.24, 2.45) is 0 Å². The number of rotatable bonds is 3. The molecule has 6 nitrogen and oxygen atoms in total. The van der Waals surface area contributed by atoms with E-state index in [0.717, 1.165) is 0 Å². The largest absolute Gasteiger partial charge is 0.393 e. The molecule has 102 valence electrons. The van der Waals surface area contributed by atoms with Crippen molar-refractivity contribution in [2.45, 2.75) is 0 Å². The molecule has 1 amide bonds. The number of carbonyl (C=O) groups excluding carboxylic acids is 1. The van der Waals surface area contributed by atoms with Gasteiger partial charge in [0.2, 0.25) is 0 Å². The van der Waals surface area contributed by atoms with Crippen LogP contribution in [0.2, 0.25) is 0 Å². The van der Waals surface area contributed by atoms with Crippen LogP contribution in [-0.4, -0.2) is 10.8 Å². The first-order chi connectivity index (χ1) is 9.49. The lowest BCUT2D eigenvalue weighted by atomic mass is 10.1. The minimum Gasteiger partial charge on any atom is -0.393 e. The van der Waals surface area contributed by atoms with Gasteiger partial charge in [0.15, 0.2) is 0 Å². The minimum absolute atomic E-state index is 0.0956. The molecule has 0 aliphatic rings. The highest BCUT2D eigenvalue weighted by Crippen LogP contribution is 2.26. The summed E-state index contributed by atoms with van der Waals surface area (Å²) in [6.07, 6.45) is 0. The maximum Gasteiger partial charge on any atom is 0.304 e. The van der Waals surface area contributed by atoms with Crippen LogP contribution in [0.1, 0.15) is 10.4 Å². The highest BCUT2D eigenvalue weighted by Gasteiger charge is 2.23. The van der Waals surface area contributed by atoms with Crippen LogP contribution in [0, 0.1) is 15.9 Å². The van der Waals surface area contributed by atoms with Crippen molar-refractivity contribution >= 4 is 23.0 Å². The molecule has 2 aromatic rings. The van der Waals surface area contributed by atoms with Crippen LogP contribution >= 0.6 is 0 Å². The zero-order chi connectivity index (χ0) is 14.7. The average Bonchev–Trinajstić information content (AvgIpc) is 2.40. The normalized spacial score (nSPS) is 10.1. The van der Waals surface area contributed by atoms with E-state index in [0.29, 0.717) is 5.69 Å². The molecule has 2 aromatic carbocycles. The molecule has 0 atom stereocenters. The topological polar surface area (TPSA) is 98.3 Å². The highest BCUT2D eigenvalue weighted by atomic mass is 19.1. The van der Waals surface area contributed by atoms with Crippen molar-refractivity contribution < 1.29 is 14.1 Å². The summed E-state index contributed by atoms with van der Waals surface area (Å²) in [6.45, 7) is 0. The van der Waals surface area contributed by atoms with Gasteiger partial charge in [-0.05, 0) is 36.4 Å². The van der Waals surface area contributed by atoms with Crippen molar-refractivity contribution in [1.82, 2.24) is 0 Å². The second kappa shape index (κ2) is 5.35. The van der Waals surface area contributed by atoms with Gasteiger partial charge in [-0.3, -0.25) is 14.9 Å². The number of nitro benzene ring substituents is 1. The zero-order valence-corrected chi connectivity index (χ0v) is 10.2. The SMILES string of the molecule is Nc1cccc(C(=O)Nc2ccc(F)cc2)c1[N+](=O)[O-]. The molecule has 0 radical (unpaired) electrons. The zero-order valence-electron chi connectivity index (χ0n) is 10.2. The summed E-state index contributed by atoms with van der Waals surface area (Å²) in [5, 5.41) is 13.4. The number of nitro groups is 1. The van der Waals surface area contributed by atoms with E-state index in [2.05, 4.69) is 5.32 Å². The number of benzene rings is 2. The van der Waals surface area contributed by atoms with Gasteiger partial charge >= 0.3 is 5.69 Å². The number of para-hydroxylation sites is 1. The Morgan fingerprint density at radius 3 is 2.45 bits per heavy atom. The first-order valence-electron chi connectivity index (χ1n) is 5.59. The predicted molar refractivity (Wildman–Crippen MR) is 71.9 cm³/mol. The smallest absolute Gasteiger partial charge is 0.304 e. The lowest BCUT2D eigenvalue weighted by Gasteiger charge is -2.07. The van der Waals surface area contributed by atoms with Crippen molar-refractivity contribution in [1.29, 1.82) is 0 Å². The van der Waals surface area contributed by atoms with E-state index in [-0.39, 0.29) is 11.3 Å². The summed E-state index contributed by atoms with van der Waals surface area (Å²) in [5.41, 5.74) is 5.13. The van der Waals surface area contributed by atoms with Crippen LogP contribution in [0.4, 0.5) is 21.5 Å². The molecule has 0 aliphatic carbocycles. The Labute approximate surface area is 113 Å². The average molecular weight is 275 g/mol. The van der Waals surface area contributed by atoms with Gasteiger partial charge in [-0.25, -0.2) is 4.39 Å². The number of nitrogens with one attached hydrogen (secondary N) is 1. The fraction of sp³-hybridized carbons (Fsp3) is 0. The van der Waals surface area contributed by atoms with Crippen molar-refractivity contribution in [3.05, 3.63) is 64.0 Å². The van der Waals surface area contributed by atoms with E-state index >= 15 is 0 Å². The maximum absolute atomic E-state index is 12.8. The van der Waals surface area contributed by atoms with Crippen molar-refractivity contribution in [2.75, 3.05) is 11.1 Å². The van der Waals surface area contributed by atoms with Gasteiger partial charge in [0, 0.05) is 5.69 Å². The van der Waals surface area contributed by atoms with Gasteiger partial charge in [0.05, 0.1) is 4.92 Å². The van der Waals surface area contributed by atoms with Crippen molar-refractivity contribution in [3.8, 4) is 0 Å². The third kappa shape index (κ3) is 2.72. The van der Waals surface area contributed by atoms with E-state index in [1.807, 2.05) is 0 Å². The van der Waals surface area contributed by atoms with E-state index < -0.39 is 22.3 Å². The quantitative estimate of drug-likeness (QED) is 0.511. The molecule has 0 bridgehead atoms. The Bertz CT molecular complexity index is 671. The molecule has 0 saturated heterocycles. The van der Waals surface area contributed by atoms with Gasteiger partial charge in [-0.15, -0.1) is 0 Å². The number of amides is 1. The van der Waals surface area contributed by atoms with E-state index in [1.165, 1.54) is 42.5 Å². The van der Waals surface area contributed by atoms with Gasteiger partial charge < -0.3 is 11.1 Å². The molecule has 0 spiro atoms. The van der Waals surface area contributed by atoms with Gasteiger partial charge in [-0.1, -0.05) is 6.07 Å². The summed E-state index contributed by atoms with van der Waals surface area (Å²) in [7, 11) is 0. The maximum atomic E-state index is 12.8. The summed E-state index contributed by atoms with van der Waals surface area (Å²) in [5.74, 6) is -1.13. The molecular weight excluding hydrogens is 265 g/mol. The number of nitrogens with zero attached hydrogens (tertiary/aromatic N) is 1. The van der Waals surface area contributed by atoms with Crippen molar-refractivity contribution in [3.63, 3.8) is 0 Å². The number of hydrogen-bond acceptors (Lipinski definition) is 4. The van der Waals surface area contributed by atoms with E-state index in [4.69, 9.17) is 5.73 Å². The first-order valence-corrected chi connectivity index (χ1v) is 5.59. The minimum atomic E-state index is -0.713. The van der Waals surface area contributed by atoms with Crippen LogP contribution in [0.15, 0.2) is 42.5 Å². The monoisotopic (exact) mass is 275 g/mol. The Hall–Kier alpha value is -2.96. The van der Waals surface area contributed by atoms with Crippen LogP contribution in [0.3, 0.4) is 0 Å². The molecule has 0 heterocycles. The summed E-state index contributed by atoms with van der Waals surface area (Å²) >= 11 is 0. The third-order valence-corrected chi connectivity index (χ3v) is 2.60. The molecule has 0 saturated carbocycles. The molecule has 0 fully saturated rings. The van der Waals surface area contributed by atoms with Crippen LogP contribution in [0.25, 0.3) is 0 Å². The van der Waals surface area contributed by atoms with Gasteiger partial charge in [0.1, 0.15) is 17.1 Å². The number of nitrogen functional groups attached to an aromatic ring is 1. The lowest BCUT2D eigenvalue weighted by molar-refractivity contribution is -0.384. The second-order valence-electron chi connectivity index (χ2n) is 3.96. The van der Waals surface area contributed by atoms with Gasteiger partial charge in [0.25, 0.3) is 5.91 Å². The predicted octanol–water partition coefficient (Wildman–Crippen LogP) is 2.57. The number of halogens is 1. The Kier molecular flexibility index (Phi) is 3.60. The molecule has 0 aliphatic heterocycles. The molecule has 0 aromatic heterocycles. The Morgan fingerprint density at radius 1 is 1.20 bits per heavy atom. The van der Waals surface area contributed by atoms with Crippen LogP contribution in [-0.2, 0) is 0 Å². The summed E-state index contributed by atoms with van der Waals surface area (Å²) < 4.78 is 12.8. The Morgan fingerprint density at radius 2 is 1.85 bits per heavy atom. The number of anilines is 2. The summed E-state index contributed by atoms with van der Waals surface area (Å²) in [4.78, 5) is 22.2. The Balaban J connectivity index is 2.32. The highest BCUT2D eigenvalue weighted by molar-refractivity contribution is 6.08. The van der Waals surface area contributed by atoms with E-state index in [1.54, 1.807) is 0 Å². The molecule has 7 heteroatoms.